The smallest absolute Gasteiger partial charge is 0.264 e. The highest BCUT2D eigenvalue weighted by Gasteiger charge is 2.33. The summed E-state index contributed by atoms with van der Waals surface area (Å²) in [4.78, 5) is 28.1. The Labute approximate surface area is 230 Å². The van der Waals surface area contributed by atoms with E-state index < -0.39 is 40.2 Å². The highest BCUT2D eigenvalue weighted by Crippen LogP contribution is 2.28. The molecule has 0 aliphatic carbocycles. The second-order valence-electron chi connectivity index (χ2n) is 9.39. The van der Waals surface area contributed by atoms with E-state index in [1.54, 1.807) is 49.4 Å². The van der Waals surface area contributed by atoms with Crippen LogP contribution in [0, 0.1) is 12.7 Å². The molecular formula is C30H36FN3O4S. The maximum atomic E-state index is 14.6. The molecule has 9 heteroatoms. The Bertz CT molecular complexity index is 1390. The van der Waals surface area contributed by atoms with Crippen LogP contribution in [0.25, 0.3) is 0 Å². The highest BCUT2D eigenvalue weighted by molar-refractivity contribution is 7.92. The number of hydrogen-bond donors (Lipinski definition) is 1. The summed E-state index contributed by atoms with van der Waals surface area (Å²) in [5, 5.41) is 2.77. The number of carbonyl (C=O) groups is 2. The van der Waals surface area contributed by atoms with Gasteiger partial charge in [0.05, 0.1) is 10.6 Å². The number of nitrogens with zero attached hydrogens (tertiary/aromatic N) is 2. The fraction of sp³-hybridized carbons (Fsp3) is 0.333. The summed E-state index contributed by atoms with van der Waals surface area (Å²) < 4.78 is 43.6. The van der Waals surface area contributed by atoms with E-state index in [0.29, 0.717) is 25.1 Å². The number of halogens is 1. The van der Waals surface area contributed by atoms with E-state index in [4.69, 9.17) is 0 Å². The molecular weight excluding hydrogens is 517 g/mol. The number of para-hydroxylation sites is 1. The molecule has 0 aliphatic heterocycles. The molecule has 39 heavy (non-hydrogen) atoms. The van der Waals surface area contributed by atoms with Crippen LogP contribution in [0.3, 0.4) is 0 Å². The minimum Gasteiger partial charge on any atom is -0.354 e. The first-order chi connectivity index (χ1) is 18.6. The Balaban J connectivity index is 2.07. The summed E-state index contributed by atoms with van der Waals surface area (Å²) in [6.07, 6.45) is 1.25. The van der Waals surface area contributed by atoms with E-state index in [1.807, 2.05) is 32.9 Å². The zero-order chi connectivity index (χ0) is 28.6. The number of carbonyl (C=O) groups excluding carboxylic acids is 2. The van der Waals surface area contributed by atoms with Crippen molar-refractivity contribution in [1.82, 2.24) is 10.2 Å². The molecule has 0 bridgehead atoms. The van der Waals surface area contributed by atoms with Crippen molar-refractivity contribution in [2.75, 3.05) is 17.4 Å². The van der Waals surface area contributed by atoms with Gasteiger partial charge in [0.1, 0.15) is 18.4 Å². The lowest BCUT2D eigenvalue weighted by Gasteiger charge is -2.32. The molecule has 0 spiro atoms. The molecule has 1 unspecified atom stereocenters. The third-order valence-corrected chi connectivity index (χ3v) is 8.32. The van der Waals surface area contributed by atoms with Gasteiger partial charge < -0.3 is 10.2 Å². The largest absolute Gasteiger partial charge is 0.354 e. The predicted molar refractivity (Wildman–Crippen MR) is 151 cm³/mol. The molecule has 0 fully saturated rings. The van der Waals surface area contributed by atoms with Crippen LogP contribution >= 0.6 is 0 Å². The number of benzene rings is 3. The third-order valence-electron chi connectivity index (χ3n) is 6.54. The van der Waals surface area contributed by atoms with Crippen molar-refractivity contribution >= 4 is 27.5 Å². The van der Waals surface area contributed by atoms with Crippen LogP contribution in [-0.2, 0) is 32.6 Å². The van der Waals surface area contributed by atoms with Crippen molar-refractivity contribution in [3.63, 3.8) is 0 Å². The maximum Gasteiger partial charge on any atom is 0.264 e. The van der Waals surface area contributed by atoms with Crippen LogP contribution in [0.4, 0.5) is 10.1 Å². The number of anilines is 1. The first kappa shape index (κ1) is 29.8. The summed E-state index contributed by atoms with van der Waals surface area (Å²) in [6.45, 7) is 6.89. The topological polar surface area (TPSA) is 86.8 Å². The number of sulfonamides is 1. The van der Waals surface area contributed by atoms with Gasteiger partial charge in [-0.2, -0.15) is 0 Å². The summed E-state index contributed by atoms with van der Waals surface area (Å²) >= 11 is 0. The molecule has 7 nitrogen and oxygen atoms in total. The van der Waals surface area contributed by atoms with Crippen molar-refractivity contribution in [2.24, 2.45) is 0 Å². The number of hydrogen-bond acceptors (Lipinski definition) is 4. The van der Waals surface area contributed by atoms with Crippen LogP contribution in [0.1, 0.15) is 43.9 Å². The lowest BCUT2D eigenvalue weighted by molar-refractivity contribution is -0.139. The summed E-state index contributed by atoms with van der Waals surface area (Å²) in [5.41, 5.74) is 2.25. The second kappa shape index (κ2) is 13.4. The minimum atomic E-state index is -4.16. The van der Waals surface area contributed by atoms with E-state index >= 15 is 0 Å². The quantitative estimate of drug-likeness (QED) is 0.348. The molecule has 3 aromatic rings. The molecule has 3 rings (SSSR count). The normalized spacial score (nSPS) is 12.0. The van der Waals surface area contributed by atoms with Gasteiger partial charge in [-0.3, -0.25) is 13.9 Å². The number of rotatable bonds is 12. The molecule has 1 atom stereocenters. The standard InChI is InChI=1S/C30H36FN3O4S/c1-5-19-32-30(36)23(4)33(20-25-12-7-9-13-27(25)31)29(35)21-34(28-14-10-8-11-24(28)6-2)39(37,38)26-17-15-22(3)16-18-26/h7-18,23H,5-6,19-21H2,1-4H3,(H,32,36). The SMILES string of the molecule is CCCNC(=O)C(C)N(Cc1ccccc1F)C(=O)CN(c1ccccc1CC)S(=O)(=O)c1ccc(C)cc1. The van der Waals surface area contributed by atoms with E-state index in [1.165, 1.54) is 23.1 Å². The lowest BCUT2D eigenvalue weighted by Crippen LogP contribution is -2.51. The Kier molecular flexibility index (Phi) is 10.2. The third kappa shape index (κ3) is 7.23. The van der Waals surface area contributed by atoms with E-state index in [2.05, 4.69) is 5.32 Å². The molecule has 0 aliphatic rings. The van der Waals surface area contributed by atoms with Crippen molar-refractivity contribution in [3.05, 3.63) is 95.3 Å². The van der Waals surface area contributed by atoms with Crippen LogP contribution < -0.4 is 9.62 Å². The van der Waals surface area contributed by atoms with E-state index in [-0.39, 0.29) is 17.0 Å². The molecule has 0 aromatic heterocycles. The van der Waals surface area contributed by atoms with Crippen LogP contribution in [0.2, 0.25) is 0 Å². The average molecular weight is 554 g/mol. The molecule has 208 valence electrons. The zero-order valence-electron chi connectivity index (χ0n) is 22.9. The van der Waals surface area contributed by atoms with Gasteiger partial charge in [0.15, 0.2) is 0 Å². The Morgan fingerprint density at radius 3 is 2.15 bits per heavy atom. The fourth-order valence-corrected chi connectivity index (χ4v) is 5.64. The average Bonchev–Trinajstić information content (AvgIpc) is 2.93. The minimum absolute atomic E-state index is 0.0428. The van der Waals surface area contributed by atoms with Crippen LogP contribution in [0.5, 0.6) is 0 Å². The van der Waals surface area contributed by atoms with Crippen molar-refractivity contribution in [3.8, 4) is 0 Å². The van der Waals surface area contributed by atoms with Crippen LogP contribution in [-0.4, -0.2) is 44.3 Å². The molecule has 0 saturated carbocycles. The second-order valence-corrected chi connectivity index (χ2v) is 11.2. The van der Waals surface area contributed by atoms with Gasteiger partial charge in [-0.25, -0.2) is 12.8 Å². The maximum absolute atomic E-state index is 14.6. The van der Waals surface area contributed by atoms with Gasteiger partial charge in [-0.15, -0.1) is 0 Å². The molecule has 0 radical (unpaired) electrons. The highest BCUT2D eigenvalue weighted by atomic mass is 32.2. The van der Waals surface area contributed by atoms with Crippen LogP contribution in [0.15, 0.2) is 77.7 Å². The fourth-order valence-electron chi connectivity index (χ4n) is 4.19. The number of aryl methyl sites for hydroxylation is 2. The Morgan fingerprint density at radius 2 is 1.54 bits per heavy atom. The van der Waals surface area contributed by atoms with Gasteiger partial charge in [0.25, 0.3) is 10.0 Å². The van der Waals surface area contributed by atoms with Crippen molar-refractivity contribution < 1.29 is 22.4 Å². The van der Waals surface area contributed by atoms with Gasteiger partial charge in [-0.1, -0.05) is 67.9 Å². The zero-order valence-corrected chi connectivity index (χ0v) is 23.7. The number of nitrogens with one attached hydrogen (secondary N) is 1. The lowest BCUT2D eigenvalue weighted by atomic mass is 10.1. The number of amides is 2. The van der Waals surface area contributed by atoms with Gasteiger partial charge in [0.2, 0.25) is 11.8 Å². The molecule has 0 heterocycles. The summed E-state index contributed by atoms with van der Waals surface area (Å²) in [6, 6.07) is 18.5. The van der Waals surface area contributed by atoms with Crippen molar-refractivity contribution in [2.45, 2.75) is 58.0 Å². The molecule has 3 aromatic carbocycles. The van der Waals surface area contributed by atoms with Gasteiger partial charge >= 0.3 is 0 Å². The Hall–Kier alpha value is -3.72. The first-order valence-corrected chi connectivity index (χ1v) is 14.5. The monoisotopic (exact) mass is 553 g/mol. The first-order valence-electron chi connectivity index (χ1n) is 13.1. The summed E-state index contributed by atoms with van der Waals surface area (Å²) in [7, 11) is -4.16. The Morgan fingerprint density at radius 1 is 0.923 bits per heavy atom. The van der Waals surface area contributed by atoms with Gasteiger partial charge in [0, 0.05) is 18.7 Å². The molecule has 0 saturated heterocycles. The van der Waals surface area contributed by atoms with E-state index in [9.17, 15) is 22.4 Å². The summed E-state index contributed by atoms with van der Waals surface area (Å²) in [5.74, 6) is -1.54. The molecule has 1 N–H and O–H groups in total. The molecule has 2 amide bonds. The van der Waals surface area contributed by atoms with Crippen molar-refractivity contribution in [1.29, 1.82) is 0 Å². The van der Waals surface area contributed by atoms with E-state index in [0.717, 1.165) is 15.4 Å². The predicted octanol–water partition coefficient (Wildman–Crippen LogP) is 4.84. The van der Waals surface area contributed by atoms with Gasteiger partial charge in [-0.05, 0) is 56.5 Å².